The van der Waals surface area contributed by atoms with Gasteiger partial charge in [0.15, 0.2) is 0 Å². The van der Waals surface area contributed by atoms with Crippen LogP contribution in [-0.4, -0.2) is 25.2 Å². The second kappa shape index (κ2) is 9.02. The number of carbonyl (C=O) groups excluding carboxylic acids is 2. The lowest BCUT2D eigenvalue weighted by atomic mass is 10.1. The summed E-state index contributed by atoms with van der Waals surface area (Å²) in [4.78, 5) is 22.5. The first-order chi connectivity index (χ1) is 8.29. The van der Waals surface area contributed by atoms with E-state index in [0.29, 0.717) is 26.1 Å². The molecule has 1 rings (SSSR count). The molecule has 0 spiro atoms. The van der Waals surface area contributed by atoms with Crippen LogP contribution >= 0.6 is 0 Å². The molecule has 1 aliphatic rings. The van der Waals surface area contributed by atoms with Gasteiger partial charge in [-0.15, -0.1) is 0 Å². The predicted molar refractivity (Wildman–Crippen MR) is 63.5 cm³/mol. The molecule has 98 valence electrons. The van der Waals surface area contributed by atoms with Crippen LogP contribution in [0.3, 0.4) is 0 Å². The summed E-state index contributed by atoms with van der Waals surface area (Å²) < 4.78 is 10.1. The predicted octanol–water partition coefficient (Wildman–Crippen LogP) is 2.60. The minimum Gasteiger partial charge on any atom is -0.466 e. The number of ether oxygens (including phenoxy) is 2. The third kappa shape index (κ3) is 7.77. The van der Waals surface area contributed by atoms with Crippen LogP contribution < -0.4 is 0 Å². The van der Waals surface area contributed by atoms with E-state index in [4.69, 9.17) is 9.47 Å². The maximum Gasteiger partial charge on any atom is 0.305 e. The zero-order chi connectivity index (χ0) is 12.3. The Balaban J connectivity index is 2.23. The van der Waals surface area contributed by atoms with Crippen molar-refractivity contribution in [3.8, 4) is 0 Å². The quantitative estimate of drug-likeness (QED) is 0.613. The number of esters is 2. The Morgan fingerprint density at radius 2 is 1.00 bits per heavy atom. The molecular formula is C13H22O4. The molecule has 4 heteroatoms. The summed E-state index contributed by atoms with van der Waals surface area (Å²) in [6.07, 6.45) is 7.49. The number of hydrogen-bond donors (Lipinski definition) is 0. The molecule has 0 radical (unpaired) electrons. The summed E-state index contributed by atoms with van der Waals surface area (Å²) in [6, 6.07) is 0. The number of hydrogen-bond acceptors (Lipinski definition) is 4. The van der Waals surface area contributed by atoms with Gasteiger partial charge in [-0.1, -0.05) is 19.3 Å². The molecule has 1 heterocycles. The van der Waals surface area contributed by atoms with Gasteiger partial charge in [0.25, 0.3) is 0 Å². The molecule has 0 aromatic carbocycles. The minimum absolute atomic E-state index is 0.100. The Bertz CT molecular complexity index is 214. The fourth-order valence-electron chi connectivity index (χ4n) is 1.79. The van der Waals surface area contributed by atoms with E-state index in [1.165, 1.54) is 0 Å². The first-order valence-electron chi connectivity index (χ1n) is 6.60. The average molecular weight is 242 g/mol. The third-order valence-electron chi connectivity index (χ3n) is 2.83. The molecule has 0 saturated carbocycles. The van der Waals surface area contributed by atoms with Gasteiger partial charge in [-0.3, -0.25) is 9.59 Å². The summed E-state index contributed by atoms with van der Waals surface area (Å²) in [5.74, 6) is -0.200. The Morgan fingerprint density at radius 3 is 1.47 bits per heavy atom. The van der Waals surface area contributed by atoms with Crippen molar-refractivity contribution in [1.29, 1.82) is 0 Å². The van der Waals surface area contributed by atoms with Crippen LogP contribution in [0.5, 0.6) is 0 Å². The standard InChI is InChI=1S/C13H22O4/c14-12-8-4-2-1-3-5-9-13(15)17-11-7-6-10-16-12/h1-11H2. The molecule has 1 saturated heterocycles. The highest BCUT2D eigenvalue weighted by Crippen LogP contribution is 2.09. The van der Waals surface area contributed by atoms with Crippen LogP contribution in [0.15, 0.2) is 0 Å². The van der Waals surface area contributed by atoms with Crippen molar-refractivity contribution in [2.45, 2.75) is 57.8 Å². The van der Waals surface area contributed by atoms with Crippen molar-refractivity contribution < 1.29 is 19.1 Å². The van der Waals surface area contributed by atoms with Crippen molar-refractivity contribution in [2.75, 3.05) is 13.2 Å². The lowest BCUT2D eigenvalue weighted by molar-refractivity contribution is -0.146. The highest BCUT2D eigenvalue weighted by atomic mass is 16.5. The van der Waals surface area contributed by atoms with Crippen molar-refractivity contribution in [1.82, 2.24) is 0 Å². The Labute approximate surface area is 103 Å². The third-order valence-corrected chi connectivity index (χ3v) is 2.83. The van der Waals surface area contributed by atoms with Gasteiger partial charge in [-0.25, -0.2) is 0 Å². The SMILES string of the molecule is O=C1CCCCCCCC(=O)OCCCCO1. The number of carbonyl (C=O) groups is 2. The lowest BCUT2D eigenvalue weighted by Gasteiger charge is -2.05. The number of cyclic esters (lactones) is 2. The molecule has 0 amide bonds. The van der Waals surface area contributed by atoms with Gasteiger partial charge in [-0.05, 0) is 25.7 Å². The van der Waals surface area contributed by atoms with Gasteiger partial charge < -0.3 is 9.47 Å². The highest BCUT2D eigenvalue weighted by molar-refractivity contribution is 5.69. The van der Waals surface area contributed by atoms with Crippen molar-refractivity contribution >= 4 is 11.9 Å². The van der Waals surface area contributed by atoms with Crippen molar-refractivity contribution in [3.05, 3.63) is 0 Å². The van der Waals surface area contributed by atoms with Crippen LogP contribution in [0.25, 0.3) is 0 Å². The molecule has 0 aromatic heterocycles. The summed E-state index contributed by atoms with van der Waals surface area (Å²) in [5, 5.41) is 0. The van der Waals surface area contributed by atoms with Crippen LogP contribution in [-0.2, 0) is 19.1 Å². The fourth-order valence-corrected chi connectivity index (χ4v) is 1.79. The largest absolute Gasteiger partial charge is 0.466 e. The smallest absolute Gasteiger partial charge is 0.305 e. The maximum atomic E-state index is 11.3. The van der Waals surface area contributed by atoms with Crippen LogP contribution in [0, 0.1) is 0 Å². The van der Waals surface area contributed by atoms with Crippen molar-refractivity contribution in [2.24, 2.45) is 0 Å². The first-order valence-corrected chi connectivity index (χ1v) is 6.60. The molecule has 0 bridgehead atoms. The molecule has 1 fully saturated rings. The van der Waals surface area contributed by atoms with Gasteiger partial charge in [0.1, 0.15) is 0 Å². The molecular weight excluding hydrogens is 220 g/mol. The summed E-state index contributed by atoms with van der Waals surface area (Å²) >= 11 is 0. The van der Waals surface area contributed by atoms with E-state index in [1.54, 1.807) is 0 Å². The van der Waals surface area contributed by atoms with Crippen molar-refractivity contribution in [3.63, 3.8) is 0 Å². The van der Waals surface area contributed by atoms with Crippen LogP contribution in [0.2, 0.25) is 0 Å². The fraction of sp³-hybridized carbons (Fsp3) is 0.846. The maximum absolute atomic E-state index is 11.3. The molecule has 0 aromatic rings. The Morgan fingerprint density at radius 1 is 0.588 bits per heavy atom. The number of rotatable bonds is 0. The zero-order valence-corrected chi connectivity index (χ0v) is 10.4. The first kappa shape index (κ1) is 14.0. The van der Waals surface area contributed by atoms with E-state index in [9.17, 15) is 9.59 Å². The molecule has 0 aliphatic carbocycles. The molecule has 0 N–H and O–H groups in total. The zero-order valence-electron chi connectivity index (χ0n) is 10.4. The van der Waals surface area contributed by atoms with Gasteiger partial charge in [-0.2, -0.15) is 0 Å². The van der Waals surface area contributed by atoms with E-state index >= 15 is 0 Å². The van der Waals surface area contributed by atoms with Gasteiger partial charge >= 0.3 is 11.9 Å². The van der Waals surface area contributed by atoms with E-state index in [1.807, 2.05) is 0 Å². The molecule has 17 heavy (non-hydrogen) atoms. The van der Waals surface area contributed by atoms with Crippen LogP contribution in [0.1, 0.15) is 57.8 Å². The normalized spacial score (nSPS) is 21.9. The average Bonchev–Trinajstić information content (AvgIpc) is 2.32. The molecule has 0 unspecified atom stereocenters. The minimum atomic E-state index is -0.100. The van der Waals surface area contributed by atoms with Gasteiger partial charge in [0.05, 0.1) is 13.2 Å². The monoisotopic (exact) mass is 242 g/mol. The van der Waals surface area contributed by atoms with Gasteiger partial charge in [0.2, 0.25) is 0 Å². The Kier molecular flexibility index (Phi) is 7.43. The molecule has 0 atom stereocenters. The Hall–Kier alpha value is -1.06. The summed E-state index contributed by atoms with van der Waals surface area (Å²) in [5.41, 5.74) is 0. The second-order valence-corrected chi connectivity index (χ2v) is 4.42. The highest BCUT2D eigenvalue weighted by Gasteiger charge is 2.05. The summed E-state index contributed by atoms with van der Waals surface area (Å²) in [7, 11) is 0. The topological polar surface area (TPSA) is 52.6 Å². The molecule has 4 nitrogen and oxygen atoms in total. The molecule has 1 aliphatic heterocycles. The second-order valence-electron chi connectivity index (χ2n) is 4.42. The van der Waals surface area contributed by atoms with E-state index in [0.717, 1.165) is 44.9 Å². The van der Waals surface area contributed by atoms with Crippen LogP contribution in [0.4, 0.5) is 0 Å². The van der Waals surface area contributed by atoms with E-state index in [2.05, 4.69) is 0 Å². The summed E-state index contributed by atoms with van der Waals surface area (Å²) in [6.45, 7) is 0.882. The van der Waals surface area contributed by atoms with Gasteiger partial charge in [0, 0.05) is 12.8 Å². The lowest BCUT2D eigenvalue weighted by Crippen LogP contribution is -2.08. The van der Waals surface area contributed by atoms with E-state index in [-0.39, 0.29) is 11.9 Å². The van der Waals surface area contributed by atoms with E-state index < -0.39 is 0 Å².